The van der Waals surface area contributed by atoms with Gasteiger partial charge in [0, 0.05) is 6.42 Å². The molecule has 0 unspecified atom stereocenters. The molecule has 12 heteroatoms. The normalized spacial score (nSPS) is 11.6. The molecule has 50 heavy (non-hydrogen) atoms. The smallest absolute Gasteiger partial charge is 0.305 e. The molecule has 0 amide bonds. The number of aliphatic hydroxyl groups excluding tert-OH is 1. The Balaban J connectivity index is 3.15. The zero-order valence-electron chi connectivity index (χ0n) is 31.6. The Kier molecular flexibility index (Phi) is 44.7. The van der Waals surface area contributed by atoms with Crippen molar-refractivity contribution >= 4 is 5.97 Å². The lowest BCUT2D eigenvalue weighted by molar-refractivity contribution is -0.145. The van der Waals surface area contributed by atoms with Crippen LogP contribution < -0.4 is 0 Å². The van der Waals surface area contributed by atoms with Gasteiger partial charge in [-0.1, -0.05) is 70.4 Å². The van der Waals surface area contributed by atoms with Crippen molar-refractivity contribution in [2.24, 2.45) is 0 Å². The molecule has 0 bridgehead atoms. The van der Waals surface area contributed by atoms with Gasteiger partial charge in [0.2, 0.25) is 0 Å². The van der Waals surface area contributed by atoms with Gasteiger partial charge in [-0.15, -0.1) is 0 Å². The highest BCUT2D eigenvalue weighted by molar-refractivity contribution is 5.69. The average molecular weight is 723 g/mol. The van der Waals surface area contributed by atoms with E-state index in [-0.39, 0.29) is 19.2 Å². The van der Waals surface area contributed by atoms with E-state index in [1.54, 1.807) is 0 Å². The molecule has 0 radical (unpaired) electrons. The summed E-state index contributed by atoms with van der Waals surface area (Å²) in [5.74, 6) is -0.142. The largest absolute Gasteiger partial charge is 0.463 e. The molecular formula is C38H74O12. The maximum atomic E-state index is 11.9. The topological polar surface area (TPSA) is 130 Å². The zero-order chi connectivity index (χ0) is 36.1. The predicted molar refractivity (Wildman–Crippen MR) is 195 cm³/mol. The van der Waals surface area contributed by atoms with Crippen LogP contribution in [0.5, 0.6) is 0 Å². The summed E-state index contributed by atoms with van der Waals surface area (Å²) in [6, 6.07) is 0. The molecule has 12 nitrogen and oxygen atoms in total. The van der Waals surface area contributed by atoms with Crippen molar-refractivity contribution in [1.29, 1.82) is 0 Å². The SMILES string of the molecule is CCCCCCCCC=CCCCCCCCC(=O)OCCOCCOCCOCCOCCOCCOCCOCCOCCOCCO. The number of hydrogen-bond donors (Lipinski definition) is 1. The fourth-order valence-electron chi connectivity index (χ4n) is 4.55. The molecule has 0 aliphatic rings. The predicted octanol–water partition coefficient (Wildman–Crippen LogP) is 5.71. The summed E-state index contributed by atoms with van der Waals surface area (Å²) < 4.78 is 53.9. The Hall–Kier alpha value is -1.19. The molecule has 0 saturated carbocycles. The van der Waals surface area contributed by atoms with Crippen LogP contribution in [0.2, 0.25) is 0 Å². The number of carbonyl (C=O) groups excluding carboxylic acids is 1. The monoisotopic (exact) mass is 723 g/mol. The number of rotatable bonds is 44. The van der Waals surface area contributed by atoms with E-state index in [2.05, 4.69) is 19.1 Å². The highest BCUT2D eigenvalue weighted by Crippen LogP contribution is 2.10. The molecule has 0 aromatic rings. The molecule has 298 valence electrons. The Bertz CT molecular complexity index is 668. The zero-order valence-corrected chi connectivity index (χ0v) is 31.6. The van der Waals surface area contributed by atoms with Gasteiger partial charge in [0.25, 0.3) is 0 Å². The Morgan fingerprint density at radius 1 is 0.400 bits per heavy atom. The van der Waals surface area contributed by atoms with E-state index in [1.807, 2.05) is 0 Å². The first-order valence-corrected chi connectivity index (χ1v) is 19.4. The van der Waals surface area contributed by atoms with Gasteiger partial charge in [-0.25, -0.2) is 0 Å². The fourth-order valence-corrected chi connectivity index (χ4v) is 4.55. The number of carbonyl (C=O) groups is 1. The molecular weight excluding hydrogens is 648 g/mol. The highest BCUT2D eigenvalue weighted by atomic mass is 16.6. The van der Waals surface area contributed by atoms with E-state index >= 15 is 0 Å². The van der Waals surface area contributed by atoms with Crippen LogP contribution in [0.15, 0.2) is 12.2 Å². The van der Waals surface area contributed by atoms with Gasteiger partial charge in [-0.05, 0) is 32.1 Å². The summed E-state index contributed by atoms with van der Waals surface area (Å²) in [7, 11) is 0. The Labute approximate surface area is 304 Å². The summed E-state index contributed by atoms with van der Waals surface area (Å²) in [5.41, 5.74) is 0. The van der Waals surface area contributed by atoms with E-state index in [0.717, 1.165) is 12.8 Å². The van der Waals surface area contributed by atoms with Crippen LogP contribution in [0, 0.1) is 0 Å². The summed E-state index contributed by atoms with van der Waals surface area (Å²) in [4.78, 5) is 11.9. The first kappa shape index (κ1) is 48.8. The van der Waals surface area contributed by atoms with Gasteiger partial charge < -0.3 is 52.5 Å². The van der Waals surface area contributed by atoms with E-state index in [1.165, 1.54) is 70.6 Å². The van der Waals surface area contributed by atoms with Crippen LogP contribution in [0.4, 0.5) is 0 Å². The molecule has 0 rings (SSSR count). The number of allylic oxidation sites excluding steroid dienone is 2. The third-order valence-electron chi connectivity index (χ3n) is 7.35. The lowest BCUT2D eigenvalue weighted by Crippen LogP contribution is -2.15. The number of aliphatic hydroxyl groups is 1. The van der Waals surface area contributed by atoms with E-state index in [0.29, 0.717) is 125 Å². The fraction of sp³-hybridized carbons (Fsp3) is 0.921. The highest BCUT2D eigenvalue weighted by Gasteiger charge is 2.03. The molecule has 0 spiro atoms. The average Bonchev–Trinajstić information content (AvgIpc) is 3.12. The van der Waals surface area contributed by atoms with Gasteiger partial charge in [0.05, 0.1) is 126 Å². The van der Waals surface area contributed by atoms with Crippen molar-refractivity contribution in [1.82, 2.24) is 0 Å². The van der Waals surface area contributed by atoms with Gasteiger partial charge in [0.1, 0.15) is 6.61 Å². The van der Waals surface area contributed by atoms with E-state index in [4.69, 9.17) is 52.5 Å². The second-order valence-electron chi connectivity index (χ2n) is 11.8. The molecule has 0 aliphatic carbocycles. The van der Waals surface area contributed by atoms with E-state index < -0.39 is 0 Å². The number of unbranched alkanes of at least 4 members (excludes halogenated alkanes) is 11. The quantitative estimate of drug-likeness (QED) is 0.0470. The van der Waals surface area contributed by atoms with Crippen molar-refractivity contribution in [3.8, 4) is 0 Å². The van der Waals surface area contributed by atoms with E-state index in [9.17, 15) is 4.79 Å². The minimum atomic E-state index is -0.142. The first-order chi connectivity index (χ1) is 24.8. The van der Waals surface area contributed by atoms with Crippen LogP contribution >= 0.6 is 0 Å². The lowest BCUT2D eigenvalue weighted by Gasteiger charge is -2.09. The van der Waals surface area contributed by atoms with Crippen molar-refractivity contribution < 1.29 is 57.3 Å². The van der Waals surface area contributed by atoms with Crippen LogP contribution in [-0.4, -0.2) is 143 Å². The second-order valence-corrected chi connectivity index (χ2v) is 11.8. The summed E-state index contributed by atoms with van der Waals surface area (Å²) in [5, 5.41) is 8.59. The van der Waals surface area contributed by atoms with Crippen molar-refractivity contribution in [3.05, 3.63) is 12.2 Å². The summed E-state index contributed by atoms with van der Waals surface area (Å²) in [6.07, 6.45) is 21.3. The van der Waals surface area contributed by atoms with Crippen molar-refractivity contribution in [2.75, 3.05) is 132 Å². The van der Waals surface area contributed by atoms with Gasteiger partial charge >= 0.3 is 5.97 Å². The minimum absolute atomic E-state index is 0.0242. The Morgan fingerprint density at radius 2 is 0.700 bits per heavy atom. The van der Waals surface area contributed by atoms with Gasteiger partial charge in [0.15, 0.2) is 0 Å². The Morgan fingerprint density at radius 3 is 1.06 bits per heavy atom. The molecule has 0 aliphatic heterocycles. The van der Waals surface area contributed by atoms with Crippen LogP contribution in [0.3, 0.4) is 0 Å². The van der Waals surface area contributed by atoms with Gasteiger partial charge in [-0.3, -0.25) is 4.79 Å². The third-order valence-corrected chi connectivity index (χ3v) is 7.35. The first-order valence-electron chi connectivity index (χ1n) is 19.4. The number of esters is 1. The van der Waals surface area contributed by atoms with Crippen molar-refractivity contribution in [3.63, 3.8) is 0 Å². The maximum absolute atomic E-state index is 11.9. The molecule has 0 fully saturated rings. The standard InChI is InChI=1S/C38H74O12/c1-2-3-4-5-6-7-8-9-10-11-12-13-14-15-16-17-38(40)50-37-36-49-35-34-48-33-32-47-31-30-46-29-28-45-27-26-44-25-24-43-23-22-42-21-20-41-19-18-39/h9-10,39H,2-8,11-37H2,1H3. The lowest BCUT2D eigenvalue weighted by atomic mass is 10.1. The third kappa shape index (κ3) is 44.8. The van der Waals surface area contributed by atoms with Crippen molar-refractivity contribution in [2.45, 2.75) is 96.8 Å². The maximum Gasteiger partial charge on any atom is 0.305 e. The summed E-state index contributed by atoms with van der Waals surface area (Å²) in [6.45, 7) is 11.1. The van der Waals surface area contributed by atoms with Crippen LogP contribution in [0.25, 0.3) is 0 Å². The number of hydrogen-bond acceptors (Lipinski definition) is 12. The minimum Gasteiger partial charge on any atom is -0.463 e. The molecule has 0 aromatic carbocycles. The molecule has 0 heterocycles. The van der Waals surface area contributed by atoms with Crippen LogP contribution in [-0.2, 0) is 52.2 Å². The summed E-state index contributed by atoms with van der Waals surface area (Å²) >= 11 is 0. The number of ether oxygens (including phenoxy) is 10. The molecule has 0 atom stereocenters. The molecule has 1 N–H and O–H groups in total. The van der Waals surface area contributed by atoms with Crippen LogP contribution in [0.1, 0.15) is 96.8 Å². The van der Waals surface area contributed by atoms with Gasteiger partial charge in [-0.2, -0.15) is 0 Å². The molecule has 0 aromatic heterocycles. The second kappa shape index (κ2) is 45.8. The molecule has 0 saturated heterocycles.